The Hall–Kier alpha value is -0.650. The van der Waals surface area contributed by atoms with Gasteiger partial charge in [-0.25, -0.2) is 0 Å². The molecule has 1 heterocycles. The van der Waals surface area contributed by atoms with Crippen LogP contribution in [0, 0.1) is 0 Å². The van der Waals surface area contributed by atoms with Gasteiger partial charge in [0.1, 0.15) is 0 Å². The average Bonchev–Trinajstić information content (AvgIpc) is 2.66. The molecule has 0 saturated heterocycles. The molecule has 160 valence electrons. The van der Waals surface area contributed by atoms with Crippen LogP contribution in [0.1, 0.15) is 90.4 Å². The van der Waals surface area contributed by atoms with Gasteiger partial charge in [0.05, 0.1) is 0 Å². The molecule has 0 spiro atoms. The Morgan fingerprint density at radius 1 is 0.815 bits per heavy atom. The highest BCUT2D eigenvalue weighted by atomic mass is 16.3. The smallest absolute Gasteiger partial charge is 0.182 e. The van der Waals surface area contributed by atoms with Crippen molar-refractivity contribution in [3.8, 4) is 0 Å². The number of nitrogens with one attached hydrogen (secondary N) is 3. The molecule has 27 heavy (non-hydrogen) atoms. The molecule has 5 nitrogen and oxygen atoms in total. The van der Waals surface area contributed by atoms with Crippen LogP contribution in [0.25, 0.3) is 0 Å². The normalized spacial score (nSPS) is 22.1. The van der Waals surface area contributed by atoms with E-state index in [-0.39, 0.29) is 0 Å². The zero-order valence-electron chi connectivity index (χ0n) is 17.9. The van der Waals surface area contributed by atoms with Crippen LogP contribution in [-0.4, -0.2) is 56.3 Å². The largest absolute Gasteiger partial charge is 0.497 e. The maximum absolute atomic E-state index is 10.2. The fourth-order valence-electron chi connectivity index (χ4n) is 3.59. The van der Waals surface area contributed by atoms with E-state index in [0.29, 0.717) is 18.4 Å². The Morgan fingerprint density at radius 2 is 1.44 bits per heavy atom. The first-order valence-corrected chi connectivity index (χ1v) is 11.7. The summed E-state index contributed by atoms with van der Waals surface area (Å²) in [6, 6.07) is 0.359. The van der Waals surface area contributed by atoms with Crippen LogP contribution in [0.5, 0.6) is 0 Å². The summed E-state index contributed by atoms with van der Waals surface area (Å²) in [5.74, 6) is 0.331. The molecular weight excluding hydrogens is 336 g/mol. The lowest BCUT2D eigenvalue weighted by molar-refractivity contribution is 0.425. The van der Waals surface area contributed by atoms with Crippen molar-refractivity contribution < 1.29 is 5.11 Å². The molecule has 1 rings (SSSR count). The summed E-state index contributed by atoms with van der Waals surface area (Å²) in [6.07, 6.45) is 15.8. The molecule has 0 aromatic carbocycles. The van der Waals surface area contributed by atoms with Crippen LogP contribution in [-0.2, 0) is 0 Å². The van der Waals surface area contributed by atoms with E-state index < -0.39 is 0 Å². The maximum atomic E-state index is 10.2. The van der Waals surface area contributed by atoms with Crippen molar-refractivity contribution in [3.05, 3.63) is 0 Å². The van der Waals surface area contributed by atoms with Gasteiger partial charge in [-0.3, -0.25) is 4.99 Å². The minimum Gasteiger partial charge on any atom is -0.497 e. The summed E-state index contributed by atoms with van der Waals surface area (Å²) in [6.45, 7) is 8.28. The number of aliphatic hydroxyl groups is 1. The van der Waals surface area contributed by atoms with Crippen LogP contribution in [0.3, 0.4) is 0 Å². The van der Waals surface area contributed by atoms with Crippen molar-refractivity contribution in [2.24, 2.45) is 4.99 Å². The Labute approximate surface area is 168 Å². The molecule has 1 aliphatic heterocycles. The third-order valence-electron chi connectivity index (χ3n) is 5.31. The van der Waals surface area contributed by atoms with E-state index in [1.807, 2.05) is 0 Å². The lowest BCUT2D eigenvalue weighted by Gasteiger charge is -2.18. The van der Waals surface area contributed by atoms with Gasteiger partial charge in [-0.05, 0) is 64.8 Å². The molecule has 0 aromatic heterocycles. The number of rotatable bonds is 8. The third-order valence-corrected chi connectivity index (χ3v) is 5.31. The minimum absolute atomic E-state index is 0.331. The van der Waals surface area contributed by atoms with Crippen molar-refractivity contribution in [3.63, 3.8) is 0 Å². The number of aliphatic imine (C=N–C) groups is 1. The van der Waals surface area contributed by atoms with Crippen LogP contribution in [0.2, 0.25) is 0 Å². The first-order valence-electron chi connectivity index (χ1n) is 11.7. The highest BCUT2D eigenvalue weighted by Crippen LogP contribution is 2.11. The summed E-state index contributed by atoms with van der Waals surface area (Å²) in [7, 11) is 0. The lowest BCUT2D eigenvalue weighted by atomic mass is 10.0. The molecule has 1 unspecified atom stereocenters. The summed E-state index contributed by atoms with van der Waals surface area (Å²) in [5, 5.41) is 20.9. The molecule has 0 radical (unpaired) electrons. The van der Waals surface area contributed by atoms with Crippen LogP contribution < -0.4 is 16.0 Å². The topological polar surface area (TPSA) is 68.7 Å². The Morgan fingerprint density at radius 3 is 2.19 bits per heavy atom. The Balaban J connectivity index is 2.31. The van der Waals surface area contributed by atoms with Crippen molar-refractivity contribution in [1.29, 1.82) is 0 Å². The lowest BCUT2D eigenvalue weighted by Crippen LogP contribution is -2.33. The fraction of sp³-hybridized carbons (Fsp3) is 0.955. The van der Waals surface area contributed by atoms with Gasteiger partial charge in [-0.2, -0.15) is 0 Å². The average molecular weight is 383 g/mol. The first kappa shape index (κ1) is 24.4. The highest BCUT2D eigenvalue weighted by Gasteiger charge is 2.11. The number of hydrogen-bond acceptors (Lipinski definition) is 4. The maximum Gasteiger partial charge on any atom is 0.182 e. The summed E-state index contributed by atoms with van der Waals surface area (Å²) in [4.78, 5) is 4.38. The van der Waals surface area contributed by atoms with Gasteiger partial charge < -0.3 is 21.1 Å². The molecule has 0 aromatic rings. The number of hydrogen-bond donors (Lipinski definition) is 4. The zero-order chi connectivity index (χ0) is 19.4. The molecule has 0 saturated carbocycles. The van der Waals surface area contributed by atoms with E-state index in [9.17, 15) is 5.11 Å². The van der Waals surface area contributed by atoms with Crippen LogP contribution >= 0.6 is 0 Å². The Kier molecular flexibility index (Phi) is 16.9. The second-order valence-electron chi connectivity index (χ2n) is 7.98. The van der Waals surface area contributed by atoms with Crippen molar-refractivity contribution in [2.75, 3.05) is 39.3 Å². The van der Waals surface area contributed by atoms with E-state index in [1.165, 1.54) is 57.8 Å². The second-order valence-corrected chi connectivity index (χ2v) is 7.98. The van der Waals surface area contributed by atoms with E-state index in [0.717, 1.165) is 58.5 Å². The summed E-state index contributed by atoms with van der Waals surface area (Å²) in [5.41, 5.74) is 0. The van der Waals surface area contributed by atoms with Crippen molar-refractivity contribution >= 4 is 5.90 Å². The fourth-order valence-corrected chi connectivity index (χ4v) is 3.59. The van der Waals surface area contributed by atoms with Gasteiger partial charge in [0.15, 0.2) is 5.90 Å². The summed E-state index contributed by atoms with van der Waals surface area (Å²) < 4.78 is 0. The minimum atomic E-state index is 0.331. The third kappa shape index (κ3) is 16.0. The van der Waals surface area contributed by atoms with Gasteiger partial charge in [0, 0.05) is 19.0 Å². The molecular formula is C22H46N4O. The molecule has 1 aliphatic rings. The Bertz CT molecular complexity index is 349. The number of unbranched alkanes of at least 4 members (excludes halogenated alkanes) is 6. The van der Waals surface area contributed by atoms with Gasteiger partial charge >= 0.3 is 0 Å². The predicted octanol–water partition coefficient (Wildman–Crippen LogP) is 4.19. The molecule has 0 aliphatic carbocycles. The molecule has 0 amide bonds. The van der Waals surface area contributed by atoms with Crippen LogP contribution in [0.4, 0.5) is 0 Å². The van der Waals surface area contributed by atoms with Gasteiger partial charge in [-0.15, -0.1) is 0 Å². The van der Waals surface area contributed by atoms with E-state index in [2.05, 4.69) is 27.9 Å². The molecule has 5 heteroatoms. The summed E-state index contributed by atoms with van der Waals surface area (Å²) >= 11 is 0. The van der Waals surface area contributed by atoms with E-state index >= 15 is 0 Å². The quantitative estimate of drug-likeness (QED) is 0.475. The van der Waals surface area contributed by atoms with E-state index in [1.54, 1.807) is 0 Å². The van der Waals surface area contributed by atoms with Crippen molar-refractivity contribution in [2.45, 2.75) is 96.4 Å². The predicted molar refractivity (Wildman–Crippen MR) is 118 cm³/mol. The number of nitrogens with zero attached hydrogens (tertiary/aromatic N) is 1. The van der Waals surface area contributed by atoms with Crippen LogP contribution in [0.15, 0.2) is 4.99 Å². The second kappa shape index (κ2) is 18.7. The monoisotopic (exact) mass is 382 g/mol. The standard InChI is InChI=1S/C22H46N4O/c1-2-3-4-5-6-7-8-13-21-20-22(27)26-19-12-17-24-15-10-9-14-23-16-11-18-25-21/h21,23-25H,2-20H2,1H3,(H,26,27). The molecule has 0 fully saturated rings. The van der Waals surface area contributed by atoms with Gasteiger partial charge in [0.25, 0.3) is 0 Å². The molecule has 1 atom stereocenters. The molecule has 0 bridgehead atoms. The highest BCUT2D eigenvalue weighted by molar-refractivity contribution is 5.74. The van der Waals surface area contributed by atoms with Crippen molar-refractivity contribution in [1.82, 2.24) is 16.0 Å². The van der Waals surface area contributed by atoms with E-state index in [4.69, 9.17) is 0 Å². The molecule has 4 N–H and O–H groups in total. The SMILES string of the molecule is CCCCCCCCCC1CC(O)=NCCCNCCCCNCCCN1. The van der Waals surface area contributed by atoms with Gasteiger partial charge in [-0.1, -0.05) is 51.9 Å². The number of aliphatic hydroxyl groups excluding tert-OH is 1. The first-order chi connectivity index (χ1) is 13.3. The van der Waals surface area contributed by atoms with Gasteiger partial charge in [0.2, 0.25) is 0 Å². The zero-order valence-corrected chi connectivity index (χ0v) is 17.9.